The van der Waals surface area contributed by atoms with Crippen molar-refractivity contribution >= 4 is 5.91 Å². The van der Waals surface area contributed by atoms with Crippen molar-refractivity contribution in [2.24, 2.45) is 5.92 Å². The summed E-state index contributed by atoms with van der Waals surface area (Å²) in [4.78, 5) is 12.4. The van der Waals surface area contributed by atoms with Crippen LogP contribution < -0.4 is 14.8 Å². The maximum atomic E-state index is 12.4. The molecule has 0 atom stereocenters. The van der Waals surface area contributed by atoms with Crippen LogP contribution in [0.15, 0.2) is 6.07 Å². The van der Waals surface area contributed by atoms with Crippen molar-refractivity contribution in [3.63, 3.8) is 0 Å². The molecule has 4 nitrogen and oxygen atoms in total. The van der Waals surface area contributed by atoms with Gasteiger partial charge in [-0.1, -0.05) is 13.8 Å². The quantitative estimate of drug-likeness (QED) is 0.904. The summed E-state index contributed by atoms with van der Waals surface area (Å²) in [6.07, 6.45) is 1.65. The highest BCUT2D eigenvalue weighted by Crippen LogP contribution is 2.40. The van der Waals surface area contributed by atoms with Crippen LogP contribution in [0.2, 0.25) is 0 Å². The molecule has 0 saturated heterocycles. The van der Waals surface area contributed by atoms with Gasteiger partial charge in [-0.25, -0.2) is 0 Å². The summed E-state index contributed by atoms with van der Waals surface area (Å²) in [6, 6.07) is 2.03. The van der Waals surface area contributed by atoms with Gasteiger partial charge in [-0.15, -0.1) is 0 Å². The largest absolute Gasteiger partial charge is 0.493 e. The van der Waals surface area contributed by atoms with E-state index in [1.807, 2.05) is 6.07 Å². The van der Waals surface area contributed by atoms with Crippen LogP contribution in [0.3, 0.4) is 0 Å². The van der Waals surface area contributed by atoms with Gasteiger partial charge in [0.2, 0.25) is 0 Å². The number of fused-ring (bicyclic) bond motifs is 2. The van der Waals surface area contributed by atoms with E-state index >= 15 is 0 Å². The third kappa shape index (κ3) is 2.15. The zero-order valence-corrected chi connectivity index (χ0v) is 11.4. The Labute approximate surface area is 113 Å². The number of carbonyl (C=O) groups is 1. The van der Waals surface area contributed by atoms with Crippen LogP contribution in [0.25, 0.3) is 0 Å². The van der Waals surface area contributed by atoms with Crippen LogP contribution in [-0.4, -0.2) is 25.7 Å². The van der Waals surface area contributed by atoms with Gasteiger partial charge in [-0.2, -0.15) is 0 Å². The zero-order chi connectivity index (χ0) is 13.4. The molecule has 0 radical (unpaired) electrons. The van der Waals surface area contributed by atoms with Gasteiger partial charge in [0.1, 0.15) is 11.5 Å². The van der Waals surface area contributed by atoms with Gasteiger partial charge in [-0.05, 0) is 12.0 Å². The summed E-state index contributed by atoms with van der Waals surface area (Å²) >= 11 is 0. The van der Waals surface area contributed by atoms with Gasteiger partial charge < -0.3 is 14.8 Å². The number of hydrogen-bond donors (Lipinski definition) is 1. The Hall–Kier alpha value is -1.71. The second kappa shape index (κ2) is 4.76. The highest BCUT2D eigenvalue weighted by molar-refractivity contribution is 6.00. The van der Waals surface area contributed by atoms with Crippen molar-refractivity contribution in [1.29, 1.82) is 0 Å². The molecule has 0 fully saturated rings. The molecule has 2 aliphatic rings. The first kappa shape index (κ1) is 12.3. The van der Waals surface area contributed by atoms with E-state index in [2.05, 4.69) is 19.2 Å². The Morgan fingerprint density at radius 3 is 2.89 bits per heavy atom. The predicted molar refractivity (Wildman–Crippen MR) is 72.0 cm³/mol. The highest BCUT2D eigenvalue weighted by atomic mass is 16.5. The molecule has 0 bridgehead atoms. The molecule has 19 heavy (non-hydrogen) atoms. The summed E-state index contributed by atoms with van der Waals surface area (Å²) < 4.78 is 11.3. The molecule has 1 aromatic rings. The summed E-state index contributed by atoms with van der Waals surface area (Å²) in [7, 11) is 0. The summed E-state index contributed by atoms with van der Waals surface area (Å²) in [5, 5.41) is 2.98. The van der Waals surface area contributed by atoms with E-state index in [0.29, 0.717) is 31.2 Å². The number of amides is 1. The molecule has 0 aliphatic carbocycles. The molecule has 0 spiro atoms. The molecule has 3 rings (SSSR count). The van der Waals surface area contributed by atoms with E-state index in [4.69, 9.17) is 9.47 Å². The monoisotopic (exact) mass is 261 g/mol. The molecule has 0 aromatic heterocycles. The number of rotatable bonds is 3. The molecule has 4 heteroatoms. The molecule has 2 heterocycles. The Bertz CT molecular complexity index is 490. The predicted octanol–water partition coefficient (Wildman–Crippen LogP) is 1.94. The van der Waals surface area contributed by atoms with Crippen LogP contribution in [0.4, 0.5) is 0 Å². The first-order valence-corrected chi connectivity index (χ1v) is 6.89. The van der Waals surface area contributed by atoms with E-state index in [0.717, 1.165) is 35.5 Å². The molecule has 1 aromatic carbocycles. The van der Waals surface area contributed by atoms with Crippen LogP contribution in [0.1, 0.15) is 35.3 Å². The molecule has 1 amide bonds. The van der Waals surface area contributed by atoms with E-state index in [-0.39, 0.29) is 5.91 Å². The van der Waals surface area contributed by atoms with Gasteiger partial charge in [0.05, 0.1) is 18.8 Å². The van der Waals surface area contributed by atoms with Crippen LogP contribution in [0, 0.1) is 5.92 Å². The van der Waals surface area contributed by atoms with Crippen LogP contribution in [-0.2, 0) is 12.8 Å². The molecule has 2 aliphatic heterocycles. The first-order chi connectivity index (χ1) is 9.16. The standard InChI is InChI=1S/C15H19NO3/c1-9(2)8-16-15(17)13-11-4-6-18-12(11)7-10-3-5-19-14(10)13/h7,9H,3-6,8H2,1-2H3,(H,16,17). The number of carbonyl (C=O) groups excluding carboxylic acids is 1. The maximum Gasteiger partial charge on any atom is 0.255 e. The fourth-order valence-corrected chi connectivity index (χ4v) is 2.61. The maximum absolute atomic E-state index is 12.4. The van der Waals surface area contributed by atoms with E-state index < -0.39 is 0 Å². The third-order valence-corrected chi connectivity index (χ3v) is 3.55. The minimum atomic E-state index is -0.0331. The van der Waals surface area contributed by atoms with Crippen molar-refractivity contribution < 1.29 is 14.3 Å². The van der Waals surface area contributed by atoms with Crippen molar-refractivity contribution in [2.75, 3.05) is 19.8 Å². The van der Waals surface area contributed by atoms with Crippen molar-refractivity contribution in [2.45, 2.75) is 26.7 Å². The number of ether oxygens (including phenoxy) is 2. The van der Waals surface area contributed by atoms with Gasteiger partial charge >= 0.3 is 0 Å². The first-order valence-electron chi connectivity index (χ1n) is 6.89. The number of hydrogen-bond acceptors (Lipinski definition) is 3. The minimum absolute atomic E-state index is 0.0331. The normalized spacial score (nSPS) is 15.7. The molecule has 102 valence electrons. The summed E-state index contributed by atoms with van der Waals surface area (Å²) in [5.74, 6) is 2.03. The lowest BCUT2D eigenvalue weighted by Gasteiger charge is -2.13. The van der Waals surface area contributed by atoms with Crippen LogP contribution >= 0.6 is 0 Å². The second-order valence-corrected chi connectivity index (χ2v) is 5.52. The number of benzene rings is 1. The van der Waals surface area contributed by atoms with Gasteiger partial charge in [0, 0.05) is 30.5 Å². The third-order valence-electron chi connectivity index (χ3n) is 3.55. The topological polar surface area (TPSA) is 47.6 Å². The Morgan fingerprint density at radius 1 is 1.32 bits per heavy atom. The molecule has 1 N–H and O–H groups in total. The second-order valence-electron chi connectivity index (χ2n) is 5.52. The van der Waals surface area contributed by atoms with Gasteiger partial charge in [0.15, 0.2) is 0 Å². The SMILES string of the molecule is CC(C)CNC(=O)c1c2c(cc3c1OCC3)OCC2. The zero-order valence-electron chi connectivity index (χ0n) is 11.4. The van der Waals surface area contributed by atoms with Crippen molar-refractivity contribution in [1.82, 2.24) is 5.32 Å². The lowest BCUT2D eigenvalue weighted by Crippen LogP contribution is -2.28. The minimum Gasteiger partial charge on any atom is -0.493 e. The van der Waals surface area contributed by atoms with E-state index in [1.54, 1.807) is 0 Å². The lowest BCUT2D eigenvalue weighted by atomic mass is 9.99. The average Bonchev–Trinajstić information content (AvgIpc) is 3.00. The van der Waals surface area contributed by atoms with Crippen molar-refractivity contribution in [3.8, 4) is 11.5 Å². The Morgan fingerprint density at radius 2 is 2.11 bits per heavy atom. The highest BCUT2D eigenvalue weighted by Gasteiger charge is 2.30. The van der Waals surface area contributed by atoms with Crippen molar-refractivity contribution in [3.05, 3.63) is 22.8 Å². The number of nitrogens with one attached hydrogen (secondary N) is 1. The molecule has 0 saturated carbocycles. The average molecular weight is 261 g/mol. The Balaban J connectivity index is 1.98. The van der Waals surface area contributed by atoms with E-state index in [1.165, 1.54) is 0 Å². The smallest absolute Gasteiger partial charge is 0.255 e. The van der Waals surface area contributed by atoms with E-state index in [9.17, 15) is 4.79 Å². The Kier molecular flexibility index (Phi) is 3.09. The summed E-state index contributed by atoms with van der Waals surface area (Å²) in [6.45, 7) is 6.16. The fraction of sp³-hybridized carbons (Fsp3) is 0.533. The molecular weight excluding hydrogens is 242 g/mol. The lowest BCUT2D eigenvalue weighted by molar-refractivity contribution is 0.0945. The summed E-state index contributed by atoms with van der Waals surface area (Å²) in [5.41, 5.74) is 2.79. The van der Waals surface area contributed by atoms with Crippen LogP contribution in [0.5, 0.6) is 11.5 Å². The van der Waals surface area contributed by atoms with Gasteiger partial charge in [0.25, 0.3) is 5.91 Å². The van der Waals surface area contributed by atoms with Gasteiger partial charge in [-0.3, -0.25) is 4.79 Å². The fourth-order valence-electron chi connectivity index (χ4n) is 2.61. The molecule has 0 unspecified atom stereocenters. The molecular formula is C15H19NO3.